The summed E-state index contributed by atoms with van der Waals surface area (Å²) in [6, 6.07) is 7.73. The van der Waals surface area contributed by atoms with Gasteiger partial charge in [0.1, 0.15) is 11.6 Å². The van der Waals surface area contributed by atoms with Crippen molar-refractivity contribution in [3.05, 3.63) is 53.2 Å². The second-order valence-corrected chi connectivity index (χ2v) is 7.60. The maximum atomic E-state index is 12.5. The van der Waals surface area contributed by atoms with Crippen LogP contribution in [0.25, 0.3) is 21.8 Å². The fraction of sp³-hybridized carbons (Fsp3) is 0.286. The Balaban J connectivity index is 1.55. The van der Waals surface area contributed by atoms with Gasteiger partial charge in [0, 0.05) is 35.6 Å². The number of nitrogens with two attached hydrogens (primary N) is 1. The second-order valence-electron chi connectivity index (χ2n) is 7.60. The van der Waals surface area contributed by atoms with E-state index in [0.717, 1.165) is 42.4 Å². The Morgan fingerprint density at radius 3 is 2.77 bits per heavy atom. The van der Waals surface area contributed by atoms with Crippen LogP contribution in [0.3, 0.4) is 0 Å². The zero-order valence-corrected chi connectivity index (χ0v) is 16.3. The molecule has 0 amide bonds. The Labute approximate surface area is 172 Å². The number of anilines is 3. The highest BCUT2D eigenvalue weighted by Crippen LogP contribution is 2.27. The molecule has 0 saturated heterocycles. The number of hydrogen-bond acceptors (Lipinski definition) is 8. The SMILES string of the molecule is N[C@H]1CCCCC1Nc1cc2cn[nH]c(=O)c2c(Nc2ccc3nccnc3c2)n1. The van der Waals surface area contributed by atoms with Crippen LogP contribution < -0.4 is 21.9 Å². The lowest BCUT2D eigenvalue weighted by molar-refractivity contribution is 0.403. The number of pyridine rings is 1. The van der Waals surface area contributed by atoms with Crippen molar-refractivity contribution in [3.8, 4) is 0 Å². The molecule has 0 bridgehead atoms. The average molecular weight is 402 g/mol. The van der Waals surface area contributed by atoms with Crippen LogP contribution in [0, 0.1) is 0 Å². The number of aromatic amines is 1. The summed E-state index contributed by atoms with van der Waals surface area (Å²) in [4.78, 5) is 25.8. The Morgan fingerprint density at radius 2 is 1.90 bits per heavy atom. The summed E-state index contributed by atoms with van der Waals surface area (Å²) in [5, 5.41) is 14.3. The van der Waals surface area contributed by atoms with E-state index in [4.69, 9.17) is 10.7 Å². The number of H-pyrrole nitrogens is 1. The summed E-state index contributed by atoms with van der Waals surface area (Å²) in [6.07, 6.45) is 9.22. The van der Waals surface area contributed by atoms with E-state index in [1.54, 1.807) is 18.6 Å². The van der Waals surface area contributed by atoms with Gasteiger partial charge in [0.2, 0.25) is 0 Å². The van der Waals surface area contributed by atoms with Crippen molar-refractivity contribution < 1.29 is 0 Å². The van der Waals surface area contributed by atoms with Crippen molar-refractivity contribution >= 4 is 39.1 Å². The summed E-state index contributed by atoms with van der Waals surface area (Å²) in [6.45, 7) is 0. The lowest BCUT2D eigenvalue weighted by Gasteiger charge is -2.30. The molecule has 9 heteroatoms. The first-order valence-electron chi connectivity index (χ1n) is 10.1. The van der Waals surface area contributed by atoms with Gasteiger partial charge in [-0.05, 0) is 37.1 Å². The quantitative estimate of drug-likeness (QED) is 0.409. The minimum Gasteiger partial charge on any atom is -0.366 e. The smallest absolute Gasteiger partial charge is 0.275 e. The Kier molecular flexibility index (Phi) is 4.72. The summed E-state index contributed by atoms with van der Waals surface area (Å²) in [5.41, 5.74) is 8.30. The van der Waals surface area contributed by atoms with Gasteiger partial charge in [-0.3, -0.25) is 14.8 Å². The van der Waals surface area contributed by atoms with Gasteiger partial charge in [0.25, 0.3) is 5.56 Å². The first-order valence-corrected chi connectivity index (χ1v) is 10.1. The fourth-order valence-corrected chi connectivity index (χ4v) is 3.99. The standard InChI is InChI=1S/C21H22N8O/c22-14-3-1-2-4-15(14)27-18-9-12-11-25-29-21(30)19(12)20(28-18)26-13-5-6-16-17(10-13)24-8-7-23-16/h5-11,14-15H,1-4,22H2,(H,29,30)(H2,26,27,28)/t14-,15?/m0/s1. The van der Waals surface area contributed by atoms with Crippen molar-refractivity contribution in [2.24, 2.45) is 5.73 Å². The van der Waals surface area contributed by atoms with Crippen LogP contribution in [0.1, 0.15) is 25.7 Å². The normalized spacial score (nSPS) is 19.1. The number of hydrogen-bond donors (Lipinski definition) is 4. The zero-order valence-electron chi connectivity index (χ0n) is 16.3. The number of aromatic nitrogens is 5. The van der Waals surface area contributed by atoms with Crippen LogP contribution in [0.2, 0.25) is 0 Å². The van der Waals surface area contributed by atoms with Crippen molar-refractivity contribution in [2.45, 2.75) is 37.8 Å². The lowest BCUT2D eigenvalue weighted by Crippen LogP contribution is -2.42. The second kappa shape index (κ2) is 7.68. The molecule has 5 rings (SSSR count). The van der Waals surface area contributed by atoms with Gasteiger partial charge >= 0.3 is 0 Å². The van der Waals surface area contributed by atoms with E-state index in [0.29, 0.717) is 22.4 Å². The average Bonchev–Trinajstić information content (AvgIpc) is 2.75. The third kappa shape index (κ3) is 3.55. The number of fused-ring (bicyclic) bond motifs is 2. The van der Waals surface area contributed by atoms with Gasteiger partial charge in [0.05, 0.1) is 22.6 Å². The van der Waals surface area contributed by atoms with E-state index < -0.39 is 0 Å². The third-order valence-corrected chi connectivity index (χ3v) is 5.53. The molecule has 5 N–H and O–H groups in total. The zero-order chi connectivity index (χ0) is 20.5. The molecular formula is C21H22N8O. The van der Waals surface area contributed by atoms with Crippen molar-refractivity contribution in [1.29, 1.82) is 0 Å². The summed E-state index contributed by atoms with van der Waals surface area (Å²) in [5.74, 6) is 1.12. The minimum absolute atomic E-state index is 0.0871. The van der Waals surface area contributed by atoms with E-state index >= 15 is 0 Å². The molecule has 3 aromatic heterocycles. The maximum Gasteiger partial charge on any atom is 0.275 e. The van der Waals surface area contributed by atoms with Crippen molar-refractivity contribution in [3.63, 3.8) is 0 Å². The van der Waals surface area contributed by atoms with Crippen LogP contribution >= 0.6 is 0 Å². The fourth-order valence-electron chi connectivity index (χ4n) is 3.99. The molecule has 9 nitrogen and oxygen atoms in total. The van der Waals surface area contributed by atoms with Crippen molar-refractivity contribution in [2.75, 3.05) is 10.6 Å². The molecule has 3 heterocycles. The highest BCUT2D eigenvalue weighted by atomic mass is 16.1. The van der Waals surface area contributed by atoms with Gasteiger partial charge in [-0.1, -0.05) is 12.8 Å². The molecule has 1 fully saturated rings. The molecule has 2 atom stereocenters. The predicted molar refractivity (Wildman–Crippen MR) is 117 cm³/mol. The Morgan fingerprint density at radius 1 is 1.07 bits per heavy atom. The maximum absolute atomic E-state index is 12.5. The molecule has 1 aliphatic carbocycles. The molecule has 4 aromatic rings. The molecule has 1 aromatic carbocycles. The molecule has 0 aliphatic heterocycles. The van der Waals surface area contributed by atoms with Crippen LogP contribution in [-0.2, 0) is 0 Å². The molecule has 1 aliphatic rings. The minimum atomic E-state index is -0.302. The topological polar surface area (TPSA) is 134 Å². The summed E-state index contributed by atoms with van der Waals surface area (Å²) >= 11 is 0. The van der Waals surface area contributed by atoms with Gasteiger partial charge in [-0.15, -0.1) is 0 Å². The van der Waals surface area contributed by atoms with Gasteiger partial charge in [-0.25, -0.2) is 10.1 Å². The van der Waals surface area contributed by atoms with E-state index in [9.17, 15) is 4.79 Å². The van der Waals surface area contributed by atoms with E-state index in [1.807, 2.05) is 24.3 Å². The summed E-state index contributed by atoms with van der Waals surface area (Å²) < 4.78 is 0. The first kappa shape index (κ1) is 18.4. The number of nitrogens with one attached hydrogen (secondary N) is 3. The molecule has 1 saturated carbocycles. The molecule has 0 radical (unpaired) electrons. The third-order valence-electron chi connectivity index (χ3n) is 5.53. The number of nitrogens with zero attached hydrogens (tertiary/aromatic N) is 4. The van der Waals surface area contributed by atoms with Crippen LogP contribution in [0.4, 0.5) is 17.3 Å². The molecule has 30 heavy (non-hydrogen) atoms. The highest BCUT2D eigenvalue weighted by Gasteiger charge is 2.22. The largest absolute Gasteiger partial charge is 0.366 e. The van der Waals surface area contributed by atoms with Crippen LogP contribution in [0.5, 0.6) is 0 Å². The molecule has 152 valence electrons. The summed E-state index contributed by atoms with van der Waals surface area (Å²) in [7, 11) is 0. The van der Waals surface area contributed by atoms with Crippen LogP contribution in [0.15, 0.2) is 47.7 Å². The van der Waals surface area contributed by atoms with Crippen molar-refractivity contribution in [1.82, 2.24) is 25.1 Å². The Bertz CT molecular complexity index is 1270. The monoisotopic (exact) mass is 402 g/mol. The molecule has 0 spiro atoms. The lowest BCUT2D eigenvalue weighted by atomic mass is 9.91. The van der Waals surface area contributed by atoms with Gasteiger partial charge < -0.3 is 16.4 Å². The number of benzene rings is 1. The molecular weight excluding hydrogens is 380 g/mol. The van der Waals surface area contributed by atoms with Gasteiger partial charge in [-0.2, -0.15) is 5.10 Å². The van der Waals surface area contributed by atoms with E-state index in [-0.39, 0.29) is 17.6 Å². The van der Waals surface area contributed by atoms with E-state index in [1.165, 1.54) is 0 Å². The first-order chi connectivity index (χ1) is 14.7. The predicted octanol–water partition coefficient (Wildman–Crippen LogP) is 2.69. The Hall–Kier alpha value is -3.59. The van der Waals surface area contributed by atoms with Gasteiger partial charge in [0.15, 0.2) is 0 Å². The van der Waals surface area contributed by atoms with Crippen LogP contribution in [-0.4, -0.2) is 37.2 Å². The number of rotatable bonds is 4. The molecule has 1 unspecified atom stereocenters. The van der Waals surface area contributed by atoms with E-state index in [2.05, 4.69) is 30.8 Å². The highest BCUT2D eigenvalue weighted by molar-refractivity contribution is 5.94.